The third-order valence-electron chi connectivity index (χ3n) is 13.2. The Morgan fingerprint density at radius 1 is 1.03 bits per heavy atom. The van der Waals surface area contributed by atoms with Crippen LogP contribution in [0.1, 0.15) is 107 Å². The number of carbonyl (C=O) groups excluding carboxylic acids is 1. The quantitative estimate of drug-likeness (QED) is 0.267. The number of ether oxygens (including phenoxy) is 3. The number of aliphatic hydroxyl groups excluding tert-OH is 1. The molecule has 2 saturated heterocycles. The Morgan fingerprint density at radius 2 is 1.73 bits per heavy atom. The average molecular weight is 515 g/mol. The maximum absolute atomic E-state index is 11.9. The first-order valence-electron chi connectivity index (χ1n) is 15.0. The van der Waals surface area contributed by atoms with Crippen LogP contribution >= 0.6 is 0 Å². The van der Waals surface area contributed by atoms with Crippen LogP contribution in [0.25, 0.3) is 0 Å². The summed E-state index contributed by atoms with van der Waals surface area (Å²) in [5, 5.41) is 11.1. The fourth-order valence-corrected chi connectivity index (χ4v) is 10.9. The SMILES string of the molecule is CC(=O)O[C@H]1CC[C@@]2(C)C(CC=C3[C@@H]2CC[C@@]2(C)[C@@H]([C@@H]4C[C@H]([C@H]5OC5(C)C)O[C@@H]4O)CC[C@]32C)C1(C)C. The molecule has 0 aromatic heterocycles. The van der Waals surface area contributed by atoms with Gasteiger partial charge in [-0.1, -0.05) is 46.3 Å². The van der Waals surface area contributed by atoms with Gasteiger partial charge in [0.2, 0.25) is 0 Å². The molecule has 37 heavy (non-hydrogen) atoms. The molecule has 6 aliphatic rings. The van der Waals surface area contributed by atoms with E-state index in [4.69, 9.17) is 14.2 Å². The standard InChI is InChI=1S/C32H50O5/c1-18(33)35-25-13-14-30(6)21-12-16-31(7)20(19-17-23(36-27(19)34)26-29(4,5)37-26)11-15-32(31,8)22(21)9-10-24(30)28(25,2)3/h9,19-21,23-27,34H,10-17H2,1-8H3/t19-,20+,21-,23+,24?,25-,26+,27-,30+,31-,32+/m0/s1. The highest BCUT2D eigenvalue weighted by Crippen LogP contribution is 2.74. The Labute approximate surface area is 224 Å². The highest BCUT2D eigenvalue weighted by Gasteiger charge is 2.67. The molecule has 4 aliphatic carbocycles. The fourth-order valence-electron chi connectivity index (χ4n) is 10.9. The van der Waals surface area contributed by atoms with Crippen LogP contribution in [0.15, 0.2) is 11.6 Å². The van der Waals surface area contributed by atoms with Gasteiger partial charge in [0.15, 0.2) is 6.29 Å². The highest BCUT2D eigenvalue weighted by atomic mass is 16.7. The molecule has 208 valence electrons. The third-order valence-corrected chi connectivity index (χ3v) is 13.2. The molecule has 11 atom stereocenters. The summed E-state index contributed by atoms with van der Waals surface area (Å²) >= 11 is 0. The van der Waals surface area contributed by atoms with Crippen LogP contribution in [0.3, 0.4) is 0 Å². The van der Waals surface area contributed by atoms with Crippen molar-refractivity contribution in [2.75, 3.05) is 0 Å². The zero-order valence-corrected chi connectivity index (χ0v) is 24.4. The van der Waals surface area contributed by atoms with E-state index in [1.165, 1.54) is 25.7 Å². The van der Waals surface area contributed by atoms with Gasteiger partial charge in [-0.25, -0.2) is 0 Å². The lowest BCUT2D eigenvalue weighted by Gasteiger charge is -2.64. The molecule has 0 aromatic rings. The number of allylic oxidation sites excluding steroid dienone is 2. The summed E-state index contributed by atoms with van der Waals surface area (Å²) in [6, 6.07) is 0. The normalized spacial score (nSPS) is 53.5. The topological polar surface area (TPSA) is 68.3 Å². The lowest BCUT2D eigenvalue weighted by molar-refractivity contribution is -0.175. The minimum atomic E-state index is -0.675. The number of hydrogen-bond donors (Lipinski definition) is 1. The lowest BCUT2D eigenvalue weighted by atomic mass is 9.41. The smallest absolute Gasteiger partial charge is 0.302 e. The van der Waals surface area contributed by atoms with Gasteiger partial charge in [0.25, 0.3) is 0 Å². The fraction of sp³-hybridized carbons (Fsp3) is 0.906. The van der Waals surface area contributed by atoms with Gasteiger partial charge in [0, 0.05) is 18.3 Å². The number of epoxide rings is 1. The van der Waals surface area contributed by atoms with Crippen LogP contribution in [0.4, 0.5) is 0 Å². The molecular weight excluding hydrogens is 464 g/mol. The Hall–Kier alpha value is -0.910. The molecule has 5 nitrogen and oxygen atoms in total. The summed E-state index contributed by atoms with van der Waals surface area (Å²) in [7, 11) is 0. The van der Waals surface area contributed by atoms with Crippen molar-refractivity contribution in [3.05, 3.63) is 11.6 Å². The molecular formula is C32H50O5. The third kappa shape index (κ3) is 3.55. The van der Waals surface area contributed by atoms with Crippen molar-refractivity contribution in [2.24, 2.45) is 45.3 Å². The van der Waals surface area contributed by atoms with Gasteiger partial charge in [-0.15, -0.1) is 0 Å². The van der Waals surface area contributed by atoms with E-state index in [-0.39, 0.29) is 57.5 Å². The summed E-state index contributed by atoms with van der Waals surface area (Å²) < 4.78 is 17.9. The second kappa shape index (κ2) is 8.07. The molecule has 5 fully saturated rings. The molecule has 2 heterocycles. The molecule has 1 unspecified atom stereocenters. The van der Waals surface area contributed by atoms with Gasteiger partial charge in [0.1, 0.15) is 12.2 Å². The Bertz CT molecular complexity index is 999. The second-order valence-corrected chi connectivity index (χ2v) is 15.5. The van der Waals surface area contributed by atoms with Crippen molar-refractivity contribution in [1.29, 1.82) is 0 Å². The number of esters is 1. The molecule has 0 bridgehead atoms. The van der Waals surface area contributed by atoms with Gasteiger partial charge in [-0.2, -0.15) is 0 Å². The summed E-state index contributed by atoms with van der Waals surface area (Å²) in [5.41, 5.74) is 2.14. The van der Waals surface area contributed by atoms with Crippen molar-refractivity contribution in [2.45, 2.75) is 137 Å². The van der Waals surface area contributed by atoms with Gasteiger partial charge < -0.3 is 19.3 Å². The zero-order chi connectivity index (χ0) is 26.8. The van der Waals surface area contributed by atoms with Gasteiger partial charge in [0.05, 0.1) is 11.7 Å². The van der Waals surface area contributed by atoms with Crippen LogP contribution in [0, 0.1) is 45.3 Å². The molecule has 5 heteroatoms. The van der Waals surface area contributed by atoms with Crippen molar-refractivity contribution in [3.63, 3.8) is 0 Å². The number of fused-ring (bicyclic) bond motifs is 5. The number of rotatable bonds is 3. The van der Waals surface area contributed by atoms with Gasteiger partial charge >= 0.3 is 5.97 Å². The van der Waals surface area contributed by atoms with Gasteiger partial charge in [-0.3, -0.25) is 4.79 Å². The van der Waals surface area contributed by atoms with Crippen LogP contribution in [0.5, 0.6) is 0 Å². The molecule has 0 amide bonds. The van der Waals surface area contributed by atoms with E-state index < -0.39 is 6.29 Å². The molecule has 6 rings (SSSR count). The monoisotopic (exact) mass is 514 g/mol. The highest BCUT2D eigenvalue weighted by molar-refractivity contribution is 5.66. The maximum atomic E-state index is 11.9. The zero-order valence-electron chi connectivity index (χ0n) is 24.4. The van der Waals surface area contributed by atoms with Crippen LogP contribution in [-0.2, 0) is 19.0 Å². The average Bonchev–Trinajstić information content (AvgIpc) is 3.12. The van der Waals surface area contributed by atoms with E-state index in [9.17, 15) is 9.90 Å². The Balaban J connectivity index is 1.27. The van der Waals surface area contributed by atoms with E-state index in [0.717, 1.165) is 25.7 Å². The first-order chi connectivity index (χ1) is 17.1. The molecule has 3 saturated carbocycles. The predicted molar refractivity (Wildman–Crippen MR) is 142 cm³/mol. The minimum Gasteiger partial charge on any atom is -0.462 e. The lowest BCUT2D eigenvalue weighted by Crippen LogP contribution is -2.58. The second-order valence-electron chi connectivity index (χ2n) is 15.5. The van der Waals surface area contributed by atoms with E-state index in [1.54, 1.807) is 12.5 Å². The van der Waals surface area contributed by atoms with Crippen LogP contribution < -0.4 is 0 Å². The molecule has 1 N–H and O–H groups in total. The summed E-state index contributed by atoms with van der Waals surface area (Å²) in [6.45, 7) is 18.1. The van der Waals surface area contributed by atoms with Crippen molar-refractivity contribution < 1.29 is 24.1 Å². The van der Waals surface area contributed by atoms with Crippen LogP contribution in [-0.4, -0.2) is 41.3 Å². The van der Waals surface area contributed by atoms with Crippen molar-refractivity contribution in [1.82, 2.24) is 0 Å². The minimum absolute atomic E-state index is 0.00977. The largest absolute Gasteiger partial charge is 0.462 e. The summed E-state index contributed by atoms with van der Waals surface area (Å²) in [6.07, 6.45) is 11.0. The van der Waals surface area contributed by atoms with Crippen LogP contribution in [0.2, 0.25) is 0 Å². The number of aliphatic hydroxyl groups is 1. The van der Waals surface area contributed by atoms with Gasteiger partial charge in [-0.05, 0) is 99.2 Å². The number of hydrogen-bond acceptors (Lipinski definition) is 5. The number of carbonyl (C=O) groups is 1. The van der Waals surface area contributed by atoms with Crippen molar-refractivity contribution >= 4 is 5.97 Å². The maximum Gasteiger partial charge on any atom is 0.302 e. The van der Waals surface area contributed by atoms with E-state index >= 15 is 0 Å². The molecule has 0 spiro atoms. The first-order valence-corrected chi connectivity index (χ1v) is 15.0. The van der Waals surface area contributed by atoms with E-state index in [2.05, 4.69) is 54.5 Å². The molecule has 2 aliphatic heterocycles. The predicted octanol–water partition coefficient (Wildman–Crippen LogP) is 6.42. The summed E-state index contributed by atoms with van der Waals surface area (Å²) in [4.78, 5) is 11.9. The first kappa shape index (κ1) is 26.3. The van der Waals surface area contributed by atoms with E-state index in [0.29, 0.717) is 17.8 Å². The Morgan fingerprint density at radius 3 is 2.38 bits per heavy atom. The molecule has 0 aromatic carbocycles. The van der Waals surface area contributed by atoms with Crippen molar-refractivity contribution in [3.8, 4) is 0 Å². The summed E-state index contributed by atoms with van der Waals surface area (Å²) in [5.74, 6) is 1.63. The van der Waals surface area contributed by atoms with E-state index in [1.807, 2.05) is 0 Å². The molecule has 0 radical (unpaired) electrons. The Kier molecular flexibility index (Phi) is 5.74.